The number of nitrogens with one attached hydrogen (secondary N) is 1. The van der Waals surface area contributed by atoms with Gasteiger partial charge in [0.05, 0.1) is 5.69 Å². The highest BCUT2D eigenvalue weighted by atomic mass is 19.4. The van der Waals surface area contributed by atoms with Crippen LogP contribution in [0.4, 0.5) is 22.0 Å². The molecule has 1 unspecified atom stereocenters. The highest BCUT2D eigenvalue weighted by Crippen LogP contribution is 2.43. The van der Waals surface area contributed by atoms with E-state index in [0.29, 0.717) is 19.3 Å². The summed E-state index contributed by atoms with van der Waals surface area (Å²) in [5, 5.41) is 0. The van der Waals surface area contributed by atoms with E-state index in [1.54, 1.807) is 0 Å². The average Bonchev–Trinajstić information content (AvgIpc) is 2.61. The lowest BCUT2D eigenvalue weighted by Crippen LogP contribution is -2.34. The van der Waals surface area contributed by atoms with Crippen LogP contribution in [0, 0.1) is 0 Å². The number of rotatable bonds is 1. The Balaban J connectivity index is 2.42. The molecule has 0 radical (unpaired) electrons. The fourth-order valence-corrected chi connectivity index (χ4v) is 1.84. The van der Waals surface area contributed by atoms with Crippen molar-refractivity contribution in [2.45, 2.75) is 37.4 Å². The molecule has 1 aliphatic carbocycles. The minimum atomic E-state index is -5.66. The predicted molar refractivity (Wildman–Crippen MR) is 48.4 cm³/mol. The quantitative estimate of drug-likeness (QED) is 0.757. The van der Waals surface area contributed by atoms with Crippen molar-refractivity contribution in [2.75, 3.05) is 0 Å². The Labute approximate surface area is 93.2 Å². The lowest BCUT2D eigenvalue weighted by Gasteiger charge is -2.16. The van der Waals surface area contributed by atoms with E-state index in [1.807, 2.05) is 4.98 Å². The van der Waals surface area contributed by atoms with Gasteiger partial charge in [-0.25, -0.2) is 4.98 Å². The molecule has 96 valence electrons. The predicted octanol–water partition coefficient (Wildman–Crippen LogP) is 2.40. The van der Waals surface area contributed by atoms with Crippen LogP contribution in [0.1, 0.15) is 36.1 Å². The van der Waals surface area contributed by atoms with Crippen molar-refractivity contribution in [1.29, 1.82) is 0 Å². The fraction of sp³-hybridized carbons (Fsp3) is 0.667. The number of H-pyrrole nitrogens is 1. The van der Waals surface area contributed by atoms with E-state index in [9.17, 15) is 22.0 Å². The topological polar surface area (TPSA) is 54.7 Å². The molecule has 0 aliphatic heterocycles. The van der Waals surface area contributed by atoms with Crippen molar-refractivity contribution in [3.63, 3.8) is 0 Å². The van der Waals surface area contributed by atoms with Crippen LogP contribution >= 0.6 is 0 Å². The number of aromatic amines is 1. The van der Waals surface area contributed by atoms with Gasteiger partial charge in [-0.15, -0.1) is 0 Å². The summed E-state index contributed by atoms with van der Waals surface area (Å²) >= 11 is 0. The summed E-state index contributed by atoms with van der Waals surface area (Å²) in [4.78, 5) is 5.37. The fourth-order valence-electron chi connectivity index (χ4n) is 1.84. The van der Waals surface area contributed by atoms with Crippen LogP contribution in [0.15, 0.2) is 0 Å². The van der Waals surface area contributed by atoms with Gasteiger partial charge in [0, 0.05) is 11.7 Å². The Kier molecular flexibility index (Phi) is 2.64. The number of imidazole rings is 1. The number of fused-ring (bicyclic) bond motifs is 1. The summed E-state index contributed by atoms with van der Waals surface area (Å²) in [5.74, 6) is -6.34. The molecule has 1 atom stereocenters. The highest BCUT2D eigenvalue weighted by molar-refractivity contribution is 5.23. The first-order valence-corrected chi connectivity index (χ1v) is 5.03. The minimum absolute atomic E-state index is 0.121. The maximum absolute atomic E-state index is 13.0. The second-order valence-corrected chi connectivity index (χ2v) is 4.02. The molecule has 0 aromatic carbocycles. The second kappa shape index (κ2) is 3.66. The van der Waals surface area contributed by atoms with Gasteiger partial charge >= 0.3 is 12.1 Å². The number of aromatic nitrogens is 2. The van der Waals surface area contributed by atoms with Gasteiger partial charge in [0.1, 0.15) is 0 Å². The standard InChI is InChI=1S/C9H10F5N3/c10-8(11,9(12,13)14)7-16-5-3-1-2-4(15)6(5)17-7/h4H,1-3,15H2,(H,16,17). The van der Waals surface area contributed by atoms with Crippen molar-refractivity contribution in [3.8, 4) is 0 Å². The third-order valence-electron chi connectivity index (χ3n) is 2.76. The van der Waals surface area contributed by atoms with Crippen molar-refractivity contribution < 1.29 is 22.0 Å². The van der Waals surface area contributed by atoms with E-state index in [2.05, 4.69) is 4.98 Å². The van der Waals surface area contributed by atoms with Gasteiger partial charge in [-0.3, -0.25) is 0 Å². The summed E-state index contributed by atoms with van der Waals surface area (Å²) in [6, 6.07) is -0.576. The molecule has 1 aromatic rings. The Morgan fingerprint density at radius 1 is 1.24 bits per heavy atom. The molecule has 1 aromatic heterocycles. The van der Waals surface area contributed by atoms with Gasteiger partial charge in [-0.2, -0.15) is 22.0 Å². The molecule has 3 nitrogen and oxygen atoms in total. The molecule has 17 heavy (non-hydrogen) atoms. The lowest BCUT2D eigenvalue weighted by atomic mass is 9.97. The van der Waals surface area contributed by atoms with Crippen LogP contribution < -0.4 is 5.73 Å². The van der Waals surface area contributed by atoms with E-state index < -0.39 is 24.0 Å². The number of aryl methyl sites for hydroxylation is 1. The molecular weight excluding hydrogens is 245 g/mol. The van der Waals surface area contributed by atoms with E-state index in [4.69, 9.17) is 5.73 Å². The smallest absolute Gasteiger partial charge is 0.340 e. The van der Waals surface area contributed by atoms with Crippen LogP contribution in [0.3, 0.4) is 0 Å². The van der Waals surface area contributed by atoms with E-state index in [0.717, 1.165) is 0 Å². The van der Waals surface area contributed by atoms with Crippen LogP contribution in [-0.2, 0) is 12.3 Å². The molecule has 2 rings (SSSR count). The van der Waals surface area contributed by atoms with Crippen LogP contribution in [0.5, 0.6) is 0 Å². The van der Waals surface area contributed by atoms with Gasteiger partial charge < -0.3 is 10.7 Å². The first kappa shape index (κ1) is 12.3. The van der Waals surface area contributed by atoms with Gasteiger partial charge in [-0.05, 0) is 19.3 Å². The zero-order valence-electron chi connectivity index (χ0n) is 8.61. The average molecular weight is 255 g/mol. The summed E-state index contributed by atoms with van der Waals surface area (Å²) in [6.07, 6.45) is -4.08. The zero-order chi connectivity index (χ0) is 12.8. The molecular formula is C9H10F5N3. The van der Waals surface area contributed by atoms with Gasteiger partial charge in [0.25, 0.3) is 0 Å². The van der Waals surface area contributed by atoms with E-state index in [1.165, 1.54) is 0 Å². The lowest BCUT2D eigenvalue weighted by molar-refractivity contribution is -0.292. The summed E-state index contributed by atoms with van der Waals surface area (Å²) in [7, 11) is 0. The maximum atomic E-state index is 13.0. The molecule has 0 fully saturated rings. The summed E-state index contributed by atoms with van der Waals surface area (Å²) in [6.45, 7) is 0. The number of hydrogen-bond acceptors (Lipinski definition) is 2. The Morgan fingerprint density at radius 3 is 2.41 bits per heavy atom. The highest BCUT2D eigenvalue weighted by Gasteiger charge is 2.61. The van der Waals surface area contributed by atoms with Gasteiger partial charge in [0.15, 0.2) is 5.82 Å². The molecule has 1 aliphatic rings. The van der Waals surface area contributed by atoms with Crippen molar-refractivity contribution in [1.82, 2.24) is 9.97 Å². The van der Waals surface area contributed by atoms with Gasteiger partial charge in [0.2, 0.25) is 0 Å². The molecule has 0 amide bonds. The number of hydrogen-bond donors (Lipinski definition) is 2. The monoisotopic (exact) mass is 255 g/mol. The molecule has 0 saturated carbocycles. The number of nitrogens with zero attached hydrogens (tertiary/aromatic N) is 1. The van der Waals surface area contributed by atoms with Crippen molar-refractivity contribution >= 4 is 0 Å². The Bertz CT molecular complexity index is 423. The Hall–Kier alpha value is -1.18. The molecule has 1 heterocycles. The Morgan fingerprint density at radius 2 is 1.88 bits per heavy atom. The molecule has 0 bridgehead atoms. The number of halogens is 5. The largest absolute Gasteiger partial charge is 0.461 e. The number of alkyl halides is 5. The van der Waals surface area contributed by atoms with Crippen molar-refractivity contribution in [2.24, 2.45) is 5.73 Å². The molecule has 8 heteroatoms. The first-order chi connectivity index (χ1) is 7.73. The first-order valence-electron chi connectivity index (χ1n) is 5.03. The van der Waals surface area contributed by atoms with E-state index in [-0.39, 0.29) is 11.4 Å². The molecule has 3 N–H and O–H groups in total. The van der Waals surface area contributed by atoms with Crippen LogP contribution in [0.25, 0.3) is 0 Å². The third kappa shape index (κ3) is 1.90. The zero-order valence-corrected chi connectivity index (χ0v) is 8.61. The minimum Gasteiger partial charge on any atom is -0.340 e. The third-order valence-corrected chi connectivity index (χ3v) is 2.76. The second-order valence-electron chi connectivity index (χ2n) is 4.02. The molecule has 0 spiro atoms. The molecule has 0 saturated heterocycles. The normalized spacial score (nSPS) is 21.4. The van der Waals surface area contributed by atoms with Crippen LogP contribution in [-0.4, -0.2) is 16.1 Å². The number of nitrogens with two attached hydrogens (primary N) is 1. The SMILES string of the molecule is NC1CCCc2[nH]c(C(F)(F)C(F)(F)F)nc21. The maximum Gasteiger partial charge on any atom is 0.461 e. The van der Waals surface area contributed by atoms with Crippen LogP contribution in [0.2, 0.25) is 0 Å². The van der Waals surface area contributed by atoms with E-state index >= 15 is 0 Å². The summed E-state index contributed by atoms with van der Waals surface area (Å²) < 4.78 is 62.5. The van der Waals surface area contributed by atoms with Gasteiger partial charge in [-0.1, -0.05) is 0 Å². The summed E-state index contributed by atoms with van der Waals surface area (Å²) in [5.41, 5.74) is 6.00. The van der Waals surface area contributed by atoms with Crippen molar-refractivity contribution in [3.05, 3.63) is 17.2 Å².